The van der Waals surface area contributed by atoms with Gasteiger partial charge in [-0.1, -0.05) is 37.3 Å². The summed E-state index contributed by atoms with van der Waals surface area (Å²) in [4.78, 5) is 110. The molecule has 0 unspecified atom stereocenters. The van der Waals surface area contributed by atoms with Gasteiger partial charge in [0, 0.05) is 47.8 Å². The maximum absolute atomic E-state index is 15.4. The number of fused-ring (bicyclic) bond motifs is 5. The minimum atomic E-state index is -2.05. The third-order valence-corrected chi connectivity index (χ3v) is 12.6. The van der Waals surface area contributed by atoms with E-state index in [1.807, 2.05) is 0 Å². The molecule has 4 atom stereocenters. The fourth-order valence-electron chi connectivity index (χ4n) is 9.14. The molecule has 1 aliphatic carbocycles. The molecule has 3 aliphatic rings. The molecule has 4 heterocycles. The lowest BCUT2D eigenvalue weighted by molar-refractivity contribution is -0.172. The van der Waals surface area contributed by atoms with Crippen LogP contribution in [0.1, 0.15) is 111 Å². The number of benzene rings is 2. The van der Waals surface area contributed by atoms with E-state index in [0.717, 1.165) is 11.1 Å². The molecule has 17 nitrogen and oxygen atoms in total. The summed E-state index contributed by atoms with van der Waals surface area (Å²) in [6.07, 6.45) is -0.313. The number of nitrogens with one attached hydrogen (secondary N) is 3. The molecule has 2 aromatic carbocycles. The second kappa shape index (κ2) is 19.3. The quantitative estimate of drug-likeness (QED) is 0.0842. The van der Waals surface area contributed by atoms with Gasteiger partial charge in [0.25, 0.3) is 5.56 Å². The molecule has 0 saturated carbocycles. The summed E-state index contributed by atoms with van der Waals surface area (Å²) in [5, 5.41) is 20.2. The van der Waals surface area contributed by atoms with Crippen LogP contribution >= 0.6 is 0 Å². The van der Waals surface area contributed by atoms with E-state index in [2.05, 4.69) is 16.0 Å². The number of carbonyl (C=O) groups is 7. The molecule has 4 aromatic rings. The van der Waals surface area contributed by atoms with Gasteiger partial charge in [-0.2, -0.15) is 0 Å². The molecule has 0 fully saturated rings. The van der Waals surface area contributed by atoms with Crippen molar-refractivity contribution in [1.82, 2.24) is 25.5 Å². The second-order valence-electron chi connectivity index (χ2n) is 18.5. The van der Waals surface area contributed by atoms with Crippen molar-refractivity contribution in [2.45, 2.75) is 122 Å². The SMILES string of the molecule is CC[C@@]1(O)C(=O)OCc2c1cc1n(c2=O)Cc2c-1nc1cc(F)c(C)c3c1c2[C@@H](NC(=O)CNC(=O)[C@@H](CC(=O)CNC(=O)CCC(=O)[C@@H](N)CC(=O)OC(C)(C)C)Cc1ccccc1)CC3. The van der Waals surface area contributed by atoms with E-state index in [1.54, 1.807) is 71.0 Å². The molecule has 3 amide bonds. The number of aryl methyl sites for hydroxylation is 1. The summed E-state index contributed by atoms with van der Waals surface area (Å²) in [5.41, 5.74) is 7.00. The second-order valence-corrected chi connectivity index (χ2v) is 18.5. The van der Waals surface area contributed by atoms with Gasteiger partial charge in [0.1, 0.15) is 18.0 Å². The Bertz CT molecular complexity index is 2770. The smallest absolute Gasteiger partial charge is 0.343 e. The molecule has 0 spiro atoms. The minimum Gasteiger partial charge on any atom is -0.460 e. The fraction of sp³-hybridized carbons (Fsp3) is 0.449. The molecular formula is C49H55FN6O11. The van der Waals surface area contributed by atoms with E-state index < -0.39 is 94.9 Å². The number of esters is 2. The van der Waals surface area contributed by atoms with Crippen molar-refractivity contribution in [3.63, 3.8) is 0 Å². The van der Waals surface area contributed by atoms with Crippen molar-refractivity contribution < 1.29 is 52.5 Å². The van der Waals surface area contributed by atoms with Gasteiger partial charge in [-0.3, -0.25) is 33.6 Å². The molecule has 0 bridgehead atoms. The number of amides is 3. The number of cyclic esters (lactones) is 1. The Morgan fingerprint density at radius 2 is 1.73 bits per heavy atom. The number of hydrogen-bond donors (Lipinski definition) is 5. The maximum Gasteiger partial charge on any atom is 0.343 e. The predicted molar refractivity (Wildman–Crippen MR) is 240 cm³/mol. The van der Waals surface area contributed by atoms with Gasteiger partial charge in [0.2, 0.25) is 17.7 Å². The standard InChI is InChI=1S/C49H55FN6O11/c1-6-49(65)32-18-37-44-30(23-56(37)46(63)31(32)24-66-47(49)64)43-35(13-12-29-25(2)33(50)19-36(55-44)42(29)43)54-40(60)22-53-45(62)27(16-26-10-8-7-9-11-26)17-28(57)21-52-39(59)15-14-38(58)34(51)20-41(61)67-48(3,4)5/h7-11,18-19,27,34-35,65H,6,12-17,20-24,51H2,1-5H3,(H,52,59)(H,53,62)(H,54,60)/t27-,34+,35+,49+/m1/s1. The number of carbonyl (C=O) groups excluding carboxylic acids is 7. The van der Waals surface area contributed by atoms with Gasteiger partial charge in [-0.25, -0.2) is 14.2 Å². The Morgan fingerprint density at radius 1 is 1.00 bits per heavy atom. The number of nitrogens with two attached hydrogens (primary N) is 1. The molecule has 6 N–H and O–H groups in total. The summed E-state index contributed by atoms with van der Waals surface area (Å²) in [7, 11) is 0. The highest BCUT2D eigenvalue weighted by molar-refractivity contribution is 5.96. The van der Waals surface area contributed by atoms with E-state index in [4.69, 9.17) is 20.2 Å². The first-order valence-electron chi connectivity index (χ1n) is 22.4. The molecule has 2 aliphatic heterocycles. The molecule has 18 heteroatoms. The van der Waals surface area contributed by atoms with E-state index in [-0.39, 0.29) is 62.8 Å². The lowest BCUT2D eigenvalue weighted by Crippen LogP contribution is -2.44. The number of hydrogen-bond acceptors (Lipinski definition) is 13. The van der Waals surface area contributed by atoms with Gasteiger partial charge in [-0.15, -0.1) is 0 Å². The third-order valence-electron chi connectivity index (χ3n) is 12.6. The number of ether oxygens (including phenoxy) is 2. The molecule has 67 heavy (non-hydrogen) atoms. The number of aromatic nitrogens is 2. The largest absolute Gasteiger partial charge is 0.460 e. The molecule has 354 valence electrons. The third kappa shape index (κ3) is 10.2. The zero-order chi connectivity index (χ0) is 48.5. The van der Waals surface area contributed by atoms with Crippen molar-refractivity contribution in [2.24, 2.45) is 11.7 Å². The van der Waals surface area contributed by atoms with Crippen LogP contribution in [-0.2, 0) is 74.6 Å². The Balaban J connectivity index is 1.03. The highest BCUT2D eigenvalue weighted by atomic mass is 19.1. The van der Waals surface area contributed by atoms with E-state index in [0.29, 0.717) is 51.8 Å². The Hall–Kier alpha value is -6.66. The van der Waals surface area contributed by atoms with Crippen molar-refractivity contribution in [1.29, 1.82) is 0 Å². The van der Waals surface area contributed by atoms with Crippen molar-refractivity contribution in [2.75, 3.05) is 13.1 Å². The van der Waals surface area contributed by atoms with Crippen LogP contribution in [0.2, 0.25) is 0 Å². The molecular weight excluding hydrogens is 868 g/mol. The molecule has 0 radical (unpaired) electrons. The highest BCUT2D eigenvalue weighted by Crippen LogP contribution is 2.46. The van der Waals surface area contributed by atoms with Crippen LogP contribution in [0.25, 0.3) is 22.3 Å². The average molecular weight is 923 g/mol. The van der Waals surface area contributed by atoms with Gasteiger partial charge >= 0.3 is 11.9 Å². The molecule has 2 aromatic heterocycles. The monoisotopic (exact) mass is 922 g/mol. The number of pyridine rings is 2. The Labute approximate surface area is 385 Å². The molecule has 7 rings (SSSR count). The number of rotatable bonds is 17. The zero-order valence-electron chi connectivity index (χ0n) is 38.1. The summed E-state index contributed by atoms with van der Waals surface area (Å²) in [5.74, 6) is -5.62. The average Bonchev–Trinajstić information content (AvgIpc) is 3.65. The maximum atomic E-state index is 15.4. The summed E-state index contributed by atoms with van der Waals surface area (Å²) in [6.45, 7) is 7.18. The highest BCUT2D eigenvalue weighted by Gasteiger charge is 2.46. The number of aliphatic hydroxyl groups is 1. The topological polar surface area (TPSA) is 255 Å². The zero-order valence-corrected chi connectivity index (χ0v) is 38.1. The van der Waals surface area contributed by atoms with Crippen LogP contribution < -0.4 is 27.2 Å². The normalized spacial score (nSPS) is 17.9. The number of Topliss-reactive ketones (excluding diaryl/α,β-unsaturated/α-hetero) is 2. The van der Waals surface area contributed by atoms with Crippen molar-refractivity contribution in [3.05, 3.63) is 97.6 Å². The summed E-state index contributed by atoms with van der Waals surface area (Å²) < 4.78 is 27.3. The number of ketones is 2. The minimum absolute atomic E-state index is 0.0459. The van der Waals surface area contributed by atoms with E-state index >= 15 is 4.39 Å². The lowest BCUT2D eigenvalue weighted by atomic mass is 9.81. The van der Waals surface area contributed by atoms with Crippen LogP contribution in [0, 0.1) is 18.7 Å². The Kier molecular flexibility index (Phi) is 13.9. The molecule has 0 saturated heterocycles. The van der Waals surface area contributed by atoms with Crippen LogP contribution in [0.4, 0.5) is 4.39 Å². The van der Waals surface area contributed by atoms with Gasteiger partial charge < -0.3 is 40.8 Å². The lowest BCUT2D eigenvalue weighted by Gasteiger charge is -2.31. The fourth-order valence-corrected chi connectivity index (χ4v) is 9.14. The van der Waals surface area contributed by atoms with Crippen LogP contribution in [0.3, 0.4) is 0 Å². The van der Waals surface area contributed by atoms with Crippen molar-refractivity contribution >= 4 is 52.1 Å². The summed E-state index contributed by atoms with van der Waals surface area (Å²) in [6, 6.07) is 10.0. The van der Waals surface area contributed by atoms with E-state index in [9.17, 15) is 43.5 Å². The van der Waals surface area contributed by atoms with Crippen LogP contribution in [0.15, 0.2) is 47.3 Å². The predicted octanol–water partition coefficient (Wildman–Crippen LogP) is 3.09. The van der Waals surface area contributed by atoms with Gasteiger partial charge in [0.15, 0.2) is 17.2 Å². The first kappa shape index (κ1) is 48.3. The van der Waals surface area contributed by atoms with Gasteiger partial charge in [0.05, 0.1) is 60.6 Å². The van der Waals surface area contributed by atoms with Crippen LogP contribution in [0.5, 0.6) is 0 Å². The Morgan fingerprint density at radius 3 is 2.43 bits per heavy atom. The van der Waals surface area contributed by atoms with Crippen molar-refractivity contribution in [3.8, 4) is 11.4 Å². The first-order valence-corrected chi connectivity index (χ1v) is 22.4. The number of nitrogens with zero attached hydrogens (tertiary/aromatic N) is 2. The first-order chi connectivity index (χ1) is 31.7. The summed E-state index contributed by atoms with van der Waals surface area (Å²) >= 11 is 0. The van der Waals surface area contributed by atoms with Gasteiger partial charge in [-0.05, 0) is 81.7 Å². The van der Waals surface area contributed by atoms with E-state index in [1.165, 1.54) is 10.6 Å². The van der Waals surface area contributed by atoms with Crippen LogP contribution in [-0.4, -0.2) is 80.6 Å². The number of halogens is 1.